The highest BCUT2D eigenvalue weighted by molar-refractivity contribution is 5.77. The van der Waals surface area contributed by atoms with Crippen molar-refractivity contribution in [2.75, 3.05) is 13.2 Å². The van der Waals surface area contributed by atoms with Crippen LogP contribution in [0.2, 0.25) is 0 Å². The van der Waals surface area contributed by atoms with Crippen molar-refractivity contribution in [3.63, 3.8) is 0 Å². The van der Waals surface area contributed by atoms with E-state index >= 15 is 0 Å². The Hall–Kier alpha value is -3.97. The van der Waals surface area contributed by atoms with E-state index in [9.17, 15) is 9.90 Å². The maximum absolute atomic E-state index is 12.7. The van der Waals surface area contributed by atoms with Crippen molar-refractivity contribution in [1.29, 1.82) is 0 Å². The van der Waals surface area contributed by atoms with E-state index in [0.29, 0.717) is 23.7 Å². The Bertz CT molecular complexity index is 1230. The molecule has 0 amide bonds. The molecule has 0 fully saturated rings. The molecule has 0 saturated heterocycles. The zero-order valence-electron chi connectivity index (χ0n) is 18.3. The first kappa shape index (κ1) is 22.2. The summed E-state index contributed by atoms with van der Waals surface area (Å²) in [5, 5.41) is 15.1. The first-order valence-electron chi connectivity index (χ1n) is 10.8. The third-order valence-corrected chi connectivity index (χ3v) is 4.93. The van der Waals surface area contributed by atoms with Crippen molar-refractivity contribution in [3.8, 4) is 34.0 Å². The molecule has 1 unspecified atom stereocenters. The van der Waals surface area contributed by atoms with Crippen LogP contribution in [0.1, 0.15) is 6.92 Å². The van der Waals surface area contributed by atoms with Gasteiger partial charge in [0.2, 0.25) is 0 Å². The SMILES string of the molecule is CCOc1ccc(OCC(O)Cn2nc(-c3ccccc3)c(-c3ccccc3)nc2=O)cc1. The van der Waals surface area contributed by atoms with Crippen LogP contribution in [-0.2, 0) is 6.54 Å². The molecule has 4 rings (SSSR count). The molecular formula is C26H25N3O4. The van der Waals surface area contributed by atoms with Gasteiger partial charge in [-0.15, -0.1) is 0 Å². The van der Waals surface area contributed by atoms with Crippen molar-refractivity contribution < 1.29 is 14.6 Å². The number of aromatic nitrogens is 3. The standard InChI is InChI=1S/C26H25N3O4/c1-2-32-22-13-15-23(16-14-22)33-18-21(30)17-29-26(31)27-24(19-9-5-3-6-10-19)25(28-29)20-11-7-4-8-12-20/h3-16,21,30H,2,17-18H2,1H3. The lowest BCUT2D eigenvalue weighted by Gasteiger charge is -2.15. The molecule has 0 bridgehead atoms. The molecule has 0 aliphatic heterocycles. The van der Waals surface area contributed by atoms with Crippen LogP contribution in [-0.4, -0.2) is 39.2 Å². The molecule has 0 saturated carbocycles. The molecule has 1 heterocycles. The third-order valence-electron chi connectivity index (χ3n) is 4.93. The fourth-order valence-electron chi connectivity index (χ4n) is 3.37. The van der Waals surface area contributed by atoms with Crippen LogP contribution in [0.25, 0.3) is 22.5 Å². The number of hydrogen-bond donors (Lipinski definition) is 1. The number of ether oxygens (including phenoxy) is 2. The average molecular weight is 444 g/mol. The second-order valence-corrected chi connectivity index (χ2v) is 7.37. The minimum absolute atomic E-state index is 0.00318. The minimum atomic E-state index is -0.949. The van der Waals surface area contributed by atoms with Gasteiger partial charge in [-0.2, -0.15) is 10.1 Å². The van der Waals surface area contributed by atoms with Gasteiger partial charge >= 0.3 is 5.69 Å². The van der Waals surface area contributed by atoms with Crippen LogP contribution in [0.5, 0.6) is 11.5 Å². The lowest BCUT2D eigenvalue weighted by Crippen LogP contribution is -2.34. The maximum atomic E-state index is 12.7. The smallest absolute Gasteiger partial charge is 0.364 e. The summed E-state index contributed by atoms with van der Waals surface area (Å²) in [5.74, 6) is 1.35. The zero-order chi connectivity index (χ0) is 23.0. The van der Waals surface area contributed by atoms with Crippen LogP contribution >= 0.6 is 0 Å². The predicted molar refractivity (Wildman–Crippen MR) is 126 cm³/mol. The Balaban J connectivity index is 1.54. The van der Waals surface area contributed by atoms with Gasteiger partial charge in [0.05, 0.1) is 13.2 Å². The van der Waals surface area contributed by atoms with E-state index in [1.807, 2.05) is 67.6 Å². The minimum Gasteiger partial charge on any atom is -0.494 e. The molecule has 0 spiro atoms. The highest BCUT2D eigenvalue weighted by atomic mass is 16.5. The summed E-state index contributed by atoms with van der Waals surface area (Å²) in [7, 11) is 0. The quantitative estimate of drug-likeness (QED) is 0.423. The predicted octanol–water partition coefficient (Wildman–Crippen LogP) is 3.81. The van der Waals surface area contributed by atoms with Crippen LogP contribution in [0.15, 0.2) is 89.7 Å². The van der Waals surface area contributed by atoms with Gasteiger partial charge in [0, 0.05) is 11.1 Å². The molecule has 1 atom stereocenters. The van der Waals surface area contributed by atoms with Gasteiger partial charge in [0.15, 0.2) is 0 Å². The number of nitrogens with zero attached hydrogens (tertiary/aromatic N) is 3. The molecule has 3 aromatic carbocycles. The Morgan fingerprint density at radius 1 is 0.818 bits per heavy atom. The highest BCUT2D eigenvalue weighted by Gasteiger charge is 2.16. The Labute approximate surface area is 191 Å². The summed E-state index contributed by atoms with van der Waals surface area (Å²) in [6.45, 7) is 2.46. The molecule has 4 aromatic rings. The van der Waals surface area contributed by atoms with Gasteiger partial charge < -0.3 is 14.6 Å². The van der Waals surface area contributed by atoms with Gasteiger partial charge in [0.1, 0.15) is 35.6 Å². The summed E-state index contributed by atoms with van der Waals surface area (Å²) in [6, 6.07) is 26.1. The van der Waals surface area contributed by atoms with Crippen molar-refractivity contribution in [3.05, 3.63) is 95.4 Å². The topological polar surface area (TPSA) is 86.5 Å². The fraction of sp³-hybridized carbons (Fsp3) is 0.192. The van der Waals surface area contributed by atoms with Crippen LogP contribution in [0.3, 0.4) is 0 Å². The summed E-state index contributed by atoms with van der Waals surface area (Å²) < 4.78 is 12.2. The Morgan fingerprint density at radius 2 is 1.36 bits per heavy atom. The Morgan fingerprint density at radius 3 is 1.94 bits per heavy atom. The van der Waals surface area contributed by atoms with Gasteiger partial charge in [-0.1, -0.05) is 60.7 Å². The Kier molecular flexibility index (Phi) is 7.12. The van der Waals surface area contributed by atoms with E-state index in [4.69, 9.17) is 9.47 Å². The van der Waals surface area contributed by atoms with Crippen LogP contribution in [0.4, 0.5) is 0 Å². The summed E-state index contributed by atoms with van der Waals surface area (Å²) in [4.78, 5) is 17.0. The van der Waals surface area contributed by atoms with Crippen molar-refractivity contribution in [2.24, 2.45) is 0 Å². The molecular weight excluding hydrogens is 418 g/mol. The van der Waals surface area contributed by atoms with Gasteiger partial charge in [0.25, 0.3) is 0 Å². The van der Waals surface area contributed by atoms with E-state index in [-0.39, 0.29) is 13.2 Å². The highest BCUT2D eigenvalue weighted by Crippen LogP contribution is 2.27. The lowest BCUT2D eigenvalue weighted by atomic mass is 10.0. The van der Waals surface area contributed by atoms with E-state index < -0.39 is 11.8 Å². The van der Waals surface area contributed by atoms with E-state index in [2.05, 4.69) is 10.1 Å². The normalized spacial score (nSPS) is 11.7. The molecule has 0 aliphatic rings. The van der Waals surface area contributed by atoms with Crippen LogP contribution < -0.4 is 15.2 Å². The second kappa shape index (κ2) is 10.6. The number of hydrogen-bond acceptors (Lipinski definition) is 6. The average Bonchev–Trinajstić information content (AvgIpc) is 2.86. The second-order valence-electron chi connectivity index (χ2n) is 7.37. The van der Waals surface area contributed by atoms with Crippen molar-refractivity contribution in [2.45, 2.75) is 19.6 Å². The van der Waals surface area contributed by atoms with Gasteiger partial charge in [-0.25, -0.2) is 9.48 Å². The number of benzene rings is 3. The zero-order valence-corrected chi connectivity index (χ0v) is 18.3. The molecule has 7 nitrogen and oxygen atoms in total. The van der Waals surface area contributed by atoms with Crippen molar-refractivity contribution in [1.82, 2.24) is 14.8 Å². The first-order valence-corrected chi connectivity index (χ1v) is 10.8. The van der Waals surface area contributed by atoms with E-state index in [1.165, 1.54) is 4.68 Å². The maximum Gasteiger partial charge on any atom is 0.364 e. The molecule has 7 heteroatoms. The molecule has 0 radical (unpaired) electrons. The lowest BCUT2D eigenvalue weighted by molar-refractivity contribution is 0.0876. The number of aliphatic hydroxyl groups excluding tert-OH is 1. The van der Waals surface area contributed by atoms with E-state index in [0.717, 1.165) is 16.9 Å². The molecule has 1 N–H and O–H groups in total. The third kappa shape index (κ3) is 5.64. The van der Waals surface area contributed by atoms with E-state index in [1.54, 1.807) is 24.3 Å². The fourth-order valence-corrected chi connectivity index (χ4v) is 3.37. The summed E-state index contributed by atoms with van der Waals surface area (Å²) >= 11 is 0. The van der Waals surface area contributed by atoms with Crippen LogP contribution in [0, 0.1) is 0 Å². The van der Waals surface area contributed by atoms with Crippen molar-refractivity contribution >= 4 is 0 Å². The molecule has 1 aromatic heterocycles. The molecule has 0 aliphatic carbocycles. The number of aliphatic hydroxyl groups is 1. The van der Waals surface area contributed by atoms with Gasteiger partial charge in [-0.3, -0.25) is 0 Å². The largest absolute Gasteiger partial charge is 0.494 e. The van der Waals surface area contributed by atoms with Gasteiger partial charge in [-0.05, 0) is 31.2 Å². The number of rotatable bonds is 9. The first-order chi connectivity index (χ1) is 16.1. The monoisotopic (exact) mass is 443 g/mol. The molecule has 168 valence electrons. The molecule has 33 heavy (non-hydrogen) atoms. The summed E-state index contributed by atoms with van der Waals surface area (Å²) in [5.41, 5.74) is 2.17. The summed E-state index contributed by atoms with van der Waals surface area (Å²) in [6.07, 6.45) is -0.949.